The highest BCUT2D eigenvalue weighted by atomic mass is 16.1. The average molecular weight is 444 g/mol. The molecular formula is C23H25N9O. The number of benzene rings is 1. The fraction of sp³-hybridized carbons (Fsp3) is 0.304. The van der Waals surface area contributed by atoms with Crippen molar-refractivity contribution in [1.29, 1.82) is 0 Å². The van der Waals surface area contributed by atoms with Crippen molar-refractivity contribution in [1.82, 2.24) is 39.3 Å². The van der Waals surface area contributed by atoms with Crippen LogP contribution in [0, 0.1) is 0 Å². The normalized spacial score (nSPS) is 17.6. The van der Waals surface area contributed by atoms with E-state index in [1.54, 1.807) is 10.8 Å². The number of allylic oxidation sites excluding steroid dienone is 1. The van der Waals surface area contributed by atoms with E-state index in [0.29, 0.717) is 24.7 Å². The fourth-order valence-electron chi connectivity index (χ4n) is 4.37. The van der Waals surface area contributed by atoms with E-state index in [-0.39, 0.29) is 5.69 Å². The maximum atomic E-state index is 13.6. The second-order valence-electron chi connectivity index (χ2n) is 8.27. The molecule has 1 aromatic carbocycles. The monoisotopic (exact) mass is 443 g/mol. The average Bonchev–Trinajstić information content (AvgIpc) is 3.58. The first-order valence-corrected chi connectivity index (χ1v) is 10.9. The van der Waals surface area contributed by atoms with Gasteiger partial charge in [-0.05, 0) is 29.7 Å². The molecule has 0 bridgehead atoms. The zero-order chi connectivity index (χ0) is 22.8. The fourth-order valence-corrected chi connectivity index (χ4v) is 4.37. The van der Waals surface area contributed by atoms with Crippen LogP contribution in [0.25, 0.3) is 17.3 Å². The van der Waals surface area contributed by atoms with Gasteiger partial charge in [0.2, 0.25) is 11.8 Å². The molecule has 1 aliphatic heterocycles. The lowest BCUT2D eigenvalue weighted by Crippen LogP contribution is -2.37. The maximum Gasteiger partial charge on any atom is 0.335 e. The van der Waals surface area contributed by atoms with Crippen LogP contribution in [0.2, 0.25) is 0 Å². The van der Waals surface area contributed by atoms with Crippen LogP contribution in [0.5, 0.6) is 0 Å². The van der Waals surface area contributed by atoms with Gasteiger partial charge in [0.15, 0.2) is 0 Å². The third-order valence-electron chi connectivity index (χ3n) is 6.10. The lowest BCUT2D eigenvalue weighted by atomic mass is 9.76. The van der Waals surface area contributed by atoms with Gasteiger partial charge in [-0.2, -0.15) is 5.21 Å². The zero-order valence-corrected chi connectivity index (χ0v) is 18.6. The van der Waals surface area contributed by atoms with Gasteiger partial charge in [-0.15, -0.1) is 10.2 Å². The topological polar surface area (TPSA) is 112 Å². The third kappa shape index (κ3) is 3.73. The summed E-state index contributed by atoms with van der Waals surface area (Å²) in [5, 5.41) is 14.4. The molecule has 0 aliphatic carbocycles. The van der Waals surface area contributed by atoms with Crippen LogP contribution in [-0.4, -0.2) is 45.5 Å². The number of nitrogens with one attached hydrogen (secondary N) is 1. The first-order chi connectivity index (χ1) is 16.1. The third-order valence-corrected chi connectivity index (χ3v) is 6.10. The number of aryl methyl sites for hydroxylation is 2. The second-order valence-corrected chi connectivity index (χ2v) is 8.27. The quantitative estimate of drug-likeness (QED) is 0.472. The molecule has 1 N–H and O–H groups in total. The summed E-state index contributed by atoms with van der Waals surface area (Å²) in [6.07, 6.45) is 13.6. The lowest BCUT2D eigenvalue weighted by Gasteiger charge is -2.32. The SMILES string of the molecule is CCCc1cn(-c2nccn2C)c(=O)n1CC1(c2cccc(-c3nn[nH]n3)c2)C=CN=CC1. The van der Waals surface area contributed by atoms with Gasteiger partial charge in [0.05, 0.1) is 0 Å². The highest BCUT2D eigenvalue weighted by molar-refractivity contribution is 5.65. The Morgan fingerprint density at radius 3 is 2.88 bits per heavy atom. The standard InChI is InChI=1S/C23H25N9O/c1-3-5-19-15-31(21-25-12-13-30(21)2)22(33)32(19)16-23(8-10-24-11-9-23)18-7-4-6-17(14-18)20-26-28-29-27-20/h4,6-8,10-15H,3,5,9,16H2,1-2H3,(H,26,27,28,29). The first-order valence-electron chi connectivity index (χ1n) is 10.9. The Bertz CT molecular complexity index is 1370. The molecule has 33 heavy (non-hydrogen) atoms. The summed E-state index contributed by atoms with van der Waals surface area (Å²) in [4.78, 5) is 22.3. The van der Waals surface area contributed by atoms with Crippen molar-refractivity contribution in [3.05, 3.63) is 76.9 Å². The molecule has 0 saturated heterocycles. The van der Waals surface area contributed by atoms with E-state index < -0.39 is 5.41 Å². The Morgan fingerprint density at radius 2 is 2.18 bits per heavy atom. The molecule has 5 rings (SSSR count). The van der Waals surface area contributed by atoms with Crippen molar-refractivity contribution in [2.75, 3.05) is 0 Å². The summed E-state index contributed by atoms with van der Waals surface area (Å²) in [7, 11) is 1.89. The van der Waals surface area contributed by atoms with Crippen molar-refractivity contribution in [3.8, 4) is 17.3 Å². The number of imidazole rings is 2. The van der Waals surface area contributed by atoms with E-state index >= 15 is 0 Å². The van der Waals surface area contributed by atoms with Crippen molar-refractivity contribution < 1.29 is 0 Å². The molecule has 1 aliphatic rings. The number of hydrogen-bond donors (Lipinski definition) is 1. The van der Waals surface area contributed by atoms with E-state index in [4.69, 9.17) is 0 Å². The summed E-state index contributed by atoms with van der Waals surface area (Å²) < 4.78 is 5.36. The predicted octanol–water partition coefficient (Wildman–Crippen LogP) is 2.43. The molecule has 0 radical (unpaired) electrons. The number of H-pyrrole nitrogens is 1. The number of aromatic amines is 1. The van der Waals surface area contributed by atoms with E-state index in [9.17, 15) is 4.79 Å². The second kappa shape index (κ2) is 8.45. The summed E-state index contributed by atoms with van der Waals surface area (Å²) in [5.74, 6) is 1.13. The largest absolute Gasteiger partial charge is 0.335 e. The first kappa shape index (κ1) is 20.8. The number of aromatic nitrogens is 8. The Hall–Kier alpha value is -4.08. The Kier molecular flexibility index (Phi) is 5.33. The molecule has 1 unspecified atom stereocenters. The summed E-state index contributed by atoms with van der Waals surface area (Å²) in [6.45, 7) is 2.60. The number of tetrazole rings is 1. The molecular weight excluding hydrogens is 418 g/mol. The van der Waals surface area contributed by atoms with Crippen molar-refractivity contribution in [3.63, 3.8) is 0 Å². The van der Waals surface area contributed by atoms with Crippen LogP contribution < -0.4 is 5.69 Å². The van der Waals surface area contributed by atoms with Crippen LogP contribution >= 0.6 is 0 Å². The summed E-state index contributed by atoms with van der Waals surface area (Å²) in [6, 6.07) is 8.08. The minimum absolute atomic E-state index is 0.0997. The van der Waals surface area contributed by atoms with Crippen LogP contribution in [-0.2, 0) is 25.4 Å². The van der Waals surface area contributed by atoms with Gasteiger partial charge < -0.3 is 4.57 Å². The number of hydrogen-bond acceptors (Lipinski definition) is 6. The minimum Gasteiger partial charge on any atom is -0.320 e. The number of rotatable bonds is 7. The van der Waals surface area contributed by atoms with Gasteiger partial charge in [0.25, 0.3) is 0 Å². The van der Waals surface area contributed by atoms with Crippen LogP contribution in [0.1, 0.15) is 31.0 Å². The molecule has 4 heterocycles. The highest BCUT2D eigenvalue weighted by Gasteiger charge is 2.33. The molecule has 0 amide bonds. The summed E-state index contributed by atoms with van der Waals surface area (Å²) >= 11 is 0. The molecule has 10 heteroatoms. The predicted molar refractivity (Wildman–Crippen MR) is 124 cm³/mol. The molecule has 10 nitrogen and oxygen atoms in total. The zero-order valence-electron chi connectivity index (χ0n) is 18.6. The van der Waals surface area contributed by atoms with Gasteiger partial charge >= 0.3 is 5.69 Å². The summed E-state index contributed by atoms with van der Waals surface area (Å²) in [5.41, 5.74) is 2.36. The Labute approximate surface area is 190 Å². The van der Waals surface area contributed by atoms with E-state index in [2.05, 4.69) is 55.7 Å². The number of nitrogens with zero attached hydrogens (tertiary/aromatic N) is 8. The van der Waals surface area contributed by atoms with Crippen molar-refractivity contribution in [2.24, 2.45) is 12.0 Å². The number of aliphatic imine (C=N–C) groups is 1. The van der Waals surface area contributed by atoms with Crippen LogP contribution in [0.3, 0.4) is 0 Å². The molecule has 4 aromatic rings. The molecule has 0 fully saturated rings. The van der Waals surface area contributed by atoms with E-state index in [0.717, 1.165) is 29.7 Å². The Balaban J connectivity index is 1.61. The van der Waals surface area contributed by atoms with Gasteiger partial charge in [-0.3, -0.25) is 9.56 Å². The molecule has 1 atom stereocenters. The van der Waals surface area contributed by atoms with Gasteiger partial charge in [0.1, 0.15) is 0 Å². The van der Waals surface area contributed by atoms with Crippen LogP contribution in [0.4, 0.5) is 0 Å². The van der Waals surface area contributed by atoms with Gasteiger partial charge in [-0.25, -0.2) is 14.3 Å². The molecule has 3 aromatic heterocycles. The lowest BCUT2D eigenvalue weighted by molar-refractivity contribution is 0.439. The minimum atomic E-state index is -0.443. The van der Waals surface area contributed by atoms with Crippen LogP contribution in [0.15, 0.2) is 64.9 Å². The molecule has 0 saturated carbocycles. The maximum absolute atomic E-state index is 13.6. The van der Waals surface area contributed by atoms with Gasteiger partial charge in [0, 0.05) is 61.3 Å². The van der Waals surface area contributed by atoms with Gasteiger partial charge in [-0.1, -0.05) is 37.6 Å². The molecule has 0 spiro atoms. The smallest absolute Gasteiger partial charge is 0.320 e. The van der Waals surface area contributed by atoms with E-state index in [1.807, 2.05) is 53.1 Å². The van der Waals surface area contributed by atoms with E-state index in [1.165, 1.54) is 0 Å². The molecule has 168 valence electrons. The van der Waals surface area contributed by atoms with Crippen molar-refractivity contribution >= 4 is 6.21 Å². The Morgan fingerprint density at radius 1 is 1.27 bits per heavy atom. The highest BCUT2D eigenvalue weighted by Crippen LogP contribution is 2.35. The van der Waals surface area contributed by atoms with Crippen molar-refractivity contribution in [2.45, 2.75) is 38.1 Å².